The molecule has 1 aromatic rings. The molecule has 0 aliphatic heterocycles. The van der Waals surface area contributed by atoms with Gasteiger partial charge in [0.2, 0.25) is 0 Å². The fourth-order valence-electron chi connectivity index (χ4n) is 1.71. The van der Waals surface area contributed by atoms with E-state index in [1.807, 2.05) is 0 Å². The molecule has 1 radical (unpaired) electrons. The first-order chi connectivity index (χ1) is 6.86. The fraction of sp³-hybridized carbons (Fsp3) is 0.600. The van der Waals surface area contributed by atoms with Crippen molar-refractivity contribution in [3.8, 4) is 0 Å². The molecule has 1 heterocycles. The summed E-state index contributed by atoms with van der Waals surface area (Å²) >= 11 is 0. The van der Waals surface area contributed by atoms with Crippen LogP contribution in [0.3, 0.4) is 0 Å². The van der Waals surface area contributed by atoms with Crippen molar-refractivity contribution >= 4 is 6.09 Å². The lowest BCUT2D eigenvalue weighted by molar-refractivity contribution is 0.0762. The summed E-state index contributed by atoms with van der Waals surface area (Å²) in [4.78, 5) is 15.1. The molecule has 0 aromatic carbocycles. The minimum absolute atomic E-state index is 0.0899. The summed E-state index contributed by atoms with van der Waals surface area (Å²) in [6.07, 6.45) is 10.8. The van der Waals surface area contributed by atoms with E-state index in [0.29, 0.717) is 0 Å². The monoisotopic (exact) mass is 193 g/mol. The van der Waals surface area contributed by atoms with Crippen LogP contribution in [0.5, 0.6) is 0 Å². The number of aromatic nitrogens is 2. The molecule has 4 heteroatoms. The van der Waals surface area contributed by atoms with Crippen LogP contribution >= 0.6 is 0 Å². The predicted octanol–water partition coefficient (Wildman–Crippen LogP) is 2.00. The summed E-state index contributed by atoms with van der Waals surface area (Å²) in [6, 6.07) is 0. The topological polar surface area (TPSA) is 44.1 Å². The van der Waals surface area contributed by atoms with Crippen LogP contribution in [0.1, 0.15) is 32.1 Å². The maximum Gasteiger partial charge on any atom is 0.420 e. The van der Waals surface area contributed by atoms with Gasteiger partial charge in [0.1, 0.15) is 6.10 Å². The molecular formula is C10H13N2O2. The average Bonchev–Trinajstić information content (AvgIpc) is 2.72. The van der Waals surface area contributed by atoms with Crippen molar-refractivity contribution in [2.75, 3.05) is 0 Å². The van der Waals surface area contributed by atoms with Crippen molar-refractivity contribution in [1.82, 2.24) is 9.55 Å². The van der Waals surface area contributed by atoms with Gasteiger partial charge < -0.3 is 4.74 Å². The number of carbonyl (C=O) groups excluding carboxylic acids is 1. The van der Waals surface area contributed by atoms with Gasteiger partial charge in [-0.1, -0.05) is 6.42 Å². The molecule has 0 bridgehead atoms. The Morgan fingerprint density at radius 2 is 2.21 bits per heavy atom. The lowest BCUT2D eigenvalue weighted by atomic mass is 9.98. The van der Waals surface area contributed by atoms with Gasteiger partial charge in [-0.05, 0) is 25.7 Å². The molecule has 1 aromatic heterocycles. The molecule has 14 heavy (non-hydrogen) atoms. The smallest absolute Gasteiger partial charge is 0.420 e. The van der Waals surface area contributed by atoms with Crippen molar-refractivity contribution in [2.45, 2.75) is 38.2 Å². The van der Waals surface area contributed by atoms with E-state index in [1.54, 1.807) is 6.20 Å². The molecule has 0 atom stereocenters. The lowest BCUT2D eigenvalue weighted by Gasteiger charge is -2.21. The summed E-state index contributed by atoms with van der Waals surface area (Å²) < 4.78 is 6.53. The molecular weight excluding hydrogens is 180 g/mol. The van der Waals surface area contributed by atoms with Gasteiger partial charge in [-0.2, -0.15) is 0 Å². The molecule has 0 spiro atoms. The Bertz CT molecular complexity index is 289. The highest BCUT2D eigenvalue weighted by molar-refractivity contribution is 5.70. The fourth-order valence-corrected chi connectivity index (χ4v) is 1.71. The first-order valence-corrected chi connectivity index (χ1v) is 4.98. The highest BCUT2D eigenvalue weighted by Gasteiger charge is 2.18. The second-order valence-electron chi connectivity index (χ2n) is 3.54. The molecule has 1 aliphatic rings. The van der Waals surface area contributed by atoms with Crippen LogP contribution in [0.15, 0.2) is 12.4 Å². The summed E-state index contributed by atoms with van der Waals surface area (Å²) in [7, 11) is 0. The zero-order valence-electron chi connectivity index (χ0n) is 7.98. The Balaban J connectivity index is 1.87. The number of hydrogen-bond acceptors (Lipinski definition) is 3. The molecule has 0 N–H and O–H groups in total. The zero-order valence-corrected chi connectivity index (χ0v) is 7.98. The Morgan fingerprint density at radius 1 is 1.43 bits per heavy atom. The molecule has 1 aliphatic carbocycles. The Labute approximate surface area is 82.9 Å². The third-order valence-corrected chi connectivity index (χ3v) is 2.47. The SMILES string of the molecule is O=C(OC1CCCCC1)n1[c]ncc1. The van der Waals surface area contributed by atoms with Crippen LogP contribution in [0, 0.1) is 6.33 Å². The van der Waals surface area contributed by atoms with Crippen LogP contribution in [-0.2, 0) is 4.74 Å². The van der Waals surface area contributed by atoms with Gasteiger partial charge in [0, 0.05) is 12.4 Å². The summed E-state index contributed by atoms with van der Waals surface area (Å²) in [6.45, 7) is 0. The average molecular weight is 193 g/mol. The van der Waals surface area contributed by atoms with Crippen molar-refractivity contribution < 1.29 is 9.53 Å². The van der Waals surface area contributed by atoms with Gasteiger partial charge in [0.15, 0.2) is 6.33 Å². The largest absolute Gasteiger partial charge is 0.446 e. The highest BCUT2D eigenvalue weighted by Crippen LogP contribution is 2.20. The van der Waals surface area contributed by atoms with E-state index in [1.165, 1.54) is 17.2 Å². The molecule has 0 amide bonds. The van der Waals surface area contributed by atoms with Crippen molar-refractivity contribution in [3.05, 3.63) is 18.7 Å². The van der Waals surface area contributed by atoms with Crippen LogP contribution in [0.2, 0.25) is 0 Å². The van der Waals surface area contributed by atoms with E-state index in [4.69, 9.17) is 4.74 Å². The van der Waals surface area contributed by atoms with Crippen molar-refractivity contribution in [2.24, 2.45) is 0 Å². The number of hydrogen-bond donors (Lipinski definition) is 0. The summed E-state index contributed by atoms with van der Waals surface area (Å²) in [5.41, 5.74) is 0. The van der Waals surface area contributed by atoms with E-state index in [0.717, 1.165) is 25.7 Å². The molecule has 1 fully saturated rings. The standard InChI is InChI=1S/C10H13N2O2/c13-10(12-7-6-11-8-12)14-9-4-2-1-3-5-9/h6-7,9H,1-5H2. The normalized spacial score (nSPS) is 18.0. The van der Waals surface area contributed by atoms with E-state index < -0.39 is 0 Å². The van der Waals surface area contributed by atoms with E-state index in [2.05, 4.69) is 11.3 Å². The Hall–Kier alpha value is -1.32. The Kier molecular flexibility index (Phi) is 2.81. The van der Waals surface area contributed by atoms with E-state index in [-0.39, 0.29) is 12.2 Å². The van der Waals surface area contributed by atoms with Gasteiger partial charge in [-0.25, -0.2) is 14.3 Å². The first kappa shape index (κ1) is 9.24. The van der Waals surface area contributed by atoms with Crippen molar-refractivity contribution in [1.29, 1.82) is 0 Å². The predicted molar refractivity (Wildman–Crippen MR) is 49.8 cm³/mol. The number of nitrogens with zero attached hydrogens (tertiary/aromatic N) is 2. The quantitative estimate of drug-likeness (QED) is 0.685. The van der Waals surface area contributed by atoms with Crippen LogP contribution in [0.4, 0.5) is 4.79 Å². The molecule has 0 unspecified atom stereocenters. The van der Waals surface area contributed by atoms with Crippen LogP contribution in [0.25, 0.3) is 0 Å². The molecule has 2 rings (SSSR count). The van der Waals surface area contributed by atoms with Gasteiger partial charge in [0.25, 0.3) is 0 Å². The lowest BCUT2D eigenvalue weighted by Crippen LogP contribution is -2.23. The first-order valence-electron chi connectivity index (χ1n) is 4.98. The molecule has 75 valence electrons. The van der Waals surface area contributed by atoms with Gasteiger partial charge in [0.05, 0.1) is 0 Å². The molecule has 4 nitrogen and oxygen atoms in total. The highest BCUT2D eigenvalue weighted by atomic mass is 16.6. The van der Waals surface area contributed by atoms with Crippen LogP contribution in [-0.4, -0.2) is 21.7 Å². The third kappa shape index (κ3) is 2.13. The molecule has 0 saturated heterocycles. The minimum atomic E-state index is -0.366. The third-order valence-electron chi connectivity index (χ3n) is 2.47. The number of imidazole rings is 1. The number of ether oxygens (including phenoxy) is 1. The molecule has 1 saturated carbocycles. The minimum Gasteiger partial charge on any atom is -0.446 e. The van der Waals surface area contributed by atoms with Gasteiger partial charge in [-0.3, -0.25) is 0 Å². The van der Waals surface area contributed by atoms with Crippen LogP contribution < -0.4 is 0 Å². The zero-order chi connectivity index (χ0) is 9.80. The van der Waals surface area contributed by atoms with E-state index >= 15 is 0 Å². The second-order valence-corrected chi connectivity index (χ2v) is 3.54. The summed E-state index contributed by atoms with van der Waals surface area (Å²) in [5.74, 6) is 0. The van der Waals surface area contributed by atoms with E-state index in [9.17, 15) is 4.79 Å². The van der Waals surface area contributed by atoms with Gasteiger partial charge >= 0.3 is 6.09 Å². The second kappa shape index (κ2) is 4.26. The number of rotatable bonds is 1. The van der Waals surface area contributed by atoms with Crippen molar-refractivity contribution in [3.63, 3.8) is 0 Å². The number of carbonyl (C=O) groups is 1. The Morgan fingerprint density at radius 3 is 2.86 bits per heavy atom. The van der Waals surface area contributed by atoms with Gasteiger partial charge in [-0.15, -0.1) is 0 Å². The maximum atomic E-state index is 11.4. The summed E-state index contributed by atoms with van der Waals surface area (Å²) in [5, 5.41) is 0. The maximum absolute atomic E-state index is 11.4.